The van der Waals surface area contributed by atoms with E-state index in [0.717, 1.165) is 6.54 Å². The van der Waals surface area contributed by atoms with E-state index in [0.29, 0.717) is 6.17 Å². The molecule has 0 aliphatic carbocycles. The highest BCUT2D eigenvalue weighted by Gasteiger charge is 2.09. The normalized spacial score (nSPS) is 26.6. The van der Waals surface area contributed by atoms with Crippen LogP contribution in [0.2, 0.25) is 0 Å². The molecule has 2 heteroatoms. The van der Waals surface area contributed by atoms with Gasteiger partial charge in [-0.25, -0.2) is 0 Å². The quantitative estimate of drug-likeness (QED) is 0.489. The Morgan fingerprint density at radius 2 is 2.75 bits per heavy atom. The molecule has 1 heterocycles. The molecule has 1 rings (SSSR count). The van der Waals surface area contributed by atoms with Gasteiger partial charge < -0.3 is 4.90 Å². The van der Waals surface area contributed by atoms with Crippen LogP contribution in [0.1, 0.15) is 6.92 Å². The van der Waals surface area contributed by atoms with Gasteiger partial charge in [-0.05, 0) is 13.1 Å². The maximum Gasteiger partial charge on any atom is 0.117 e. The van der Waals surface area contributed by atoms with Gasteiger partial charge in [0.25, 0.3) is 0 Å². The smallest absolute Gasteiger partial charge is 0.117 e. The van der Waals surface area contributed by atoms with E-state index in [1.807, 2.05) is 19.3 Å². The van der Waals surface area contributed by atoms with Crippen LogP contribution in [0, 0.1) is 0 Å². The molecular formula is C6H10N2. The van der Waals surface area contributed by atoms with Crippen molar-refractivity contribution in [2.24, 2.45) is 4.99 Å². The lowest BCUT2D eigenvalue weighted by Crippen LogP contribution is -2.20. The summed E-state index contributed by atoms with van der Waals surface area (Å²) in [6.45, 7) is 6.61. The molecule has 0 bridgehead atoms. The van der Waals surface area contributed by atoms with Crippen molar-refractivity contribution in [1.82, 2.24) is 4.90 Å². The van der Waals surface area contributed by atoms with Gasteiger partial charge in [-0.15, -0.1) is 0 Å². The van der Waals surface area contributed by atoms with Crippen molar-refractivity contribution in [2.75, 3.05) is 6.54 Å². The fraction of sp³-hybridized carbons (Fsp3) is 0.500. The Labute approximate surface area is 49.5 Å². The summed E-state index contributed by atoms with van der Waals surface area (Å²) in [5.41, 5.74) is 0. The maximum absolute atomic E-state index is 4.12. The molecule has 1 aliphatic rings. The first-order chi connectivity index (χ1) is 3.84. The molecule has 0 amide bonds. The van der Waals surface area contributed by atoms with E-state index in [9.17, 15) is 0 Å². The number of nitrogens with zero attached hydrogens (tertiary/aromatic N) is 2. The average molecular weight is 110 g/mol. The monoisotopic (exact) mass is 110 g/mol. The molecule has 8 heavy (non-hydrogen) atoms. The van der Waals surface area contributed by atoms with E-state index in [-0.39, 0.29) is 0 Å². The first-order valence-electron chi connectivity index (χ1n) is 2.74. The predicted molar refractivity (Wildman–Crippen MR) is 34.9 cm³/mol. The van der Waals surface area contributed by atoms with Crippen molar-refractivity contribution in [1.29, 1.82) is 0 Å². The molecule has 1 atom stereocenters. The van der Waals surface area contributed by atoms with E-state index in [1.54, 1.807) is 0 Å². The molecule has 1 unspecified atom stereocenters. The summed E-state index contributed by atoms with van der Waals surface area (Å²) in [5, 5.41) is 0. The molecule has 2 nitrogen and oxygen atoms in total. The third kappa shape index (κ3) is 0.735. The van der Waals surface area contributed by atoms with Crippen LogP contribution >= 0.6 is 0 Å². The van der Waals surface area contributed by atoms with Gasteiger partial charge in [0, 0.05) is 6.21 Å². The lowest BCUT2D eigenvalue weighted by Gasteiger charge is -2.14. The van der Waals surface area contributed by atoms with Gasteiger partial charge in [0.1, 0.15) is 6.17 Å². The minimum absolute atomic E-state index is 0.312. The molecule has 0 aromatic carbocycles. The van der Waals surface area contributed by atoms with Crippen LogP contribution < -0.4 is 0 Å². The zero-order valence-electron chi connectivity index (χ0n) is 5.04. The van der Waals surface area contributed by atoms with Crippen molar-refractivity contribution in [3.05, 3.63) is 12.8 Å². The fourth-order valence-corrected chi connectivity index (χ4v) is 0.759. The van der Waals surface area contributed by atoms with Crippen molar-refractivity contribution in [3.8, 4) is 0 Å². The van der Waals surface area contributed by atoms with Crippen molar-refractivity contribution in [2.45, 2.75) is 13.1 Å². The first kappa shape index (κ1) is 5.35. The number of hydrogen-bond acceptors (Lipinski definition) is 2. The Bertz CT molecular complexity index is 118. The third-order valence-corrected chi connectivity index (χ3v) is 1.33. The Morgan fingerprint density at radius 3 is 3.00 bits per heavy atom. The van der Waals surface area contributed by atoms with Crippen LogP contribution in [-0.2, 0) is 0 Å². The molecule has 0 saturated heterocycles. The Hall–Kier alpha value is -0.790. The molecule has 44 valence electrons. The predicted octanol–water partition coefficient (Wildman–Crippen LogP) is 0.862. The van der Waals surface area contributed by atoms with Gasteiger partial charge in [-0.1, -0.05) is 6.58 Å². The SMILES string of the molecule is C=CN1CC=NC1C. The second-order valence-corrected chi connectivity index (χ2v) is 1.84. The van der Waals surface area contributed by atoms with Gasteiger partial charge in [-0.2, -0.15) is 0 Å². The fourth-order valence-electron chi connectivity index (χ4n) is 0.759. The van der Waals surface area contributed by atoms with E-state index < -0.39 is 0 Å². The number of aliphatic imine (C=N–C) groups is 1. The van der Waals surface area contributed by atoms with Crippen molar-refractivity contribution >= 4 is 6.21 Å². The highest BCUT2D eigenvalue weighted by molar-refractivity contribution is 5.62. The highest BCUT2D eigenvalue weighted by Crippen LogP contribution is 2.03. The summed E-state index contributed by atoms with van der Waals surface area (Å²) in [7, 11) is 0. The van der Waals surface area contributed by atoms with Gasteiger partial charge in [0.2, 0.25) is 0 Å². The zero-order valence-corrected chi connectivity index (χ0v) is 5.04. The van der Waals surface area contributed by atoms with Gasteiger partial charge in [0.05, 0.1) is 6.54 Å². The van der Waals surface area contributed by atoms with Crippen LogP contribution in [0.5, 0.6) is 0 Å². The molecular weight excluding hydrogens is 100 g/mol. The zero-order chi connectivity index (χ0) is 5.98. The molecule has 0 aromatic rings. The summed E-state index contributed by atoms with van der Waals surface area (Å²) >= 11 is 0. The van der Waals surface area contributed by atoms with Gasteiger partial charge in [0.15, 0.2) is 0 Å². The van der Waals surface area contributed by atoms with Crippen LogP contribution in [0.25, 0.3) is 0 Å². The van der Waals surface area contributed by atoms with E-state index in [4.69, 9.17) is 0 Å². The minimum Gasteiger partial charge on any atom is -0.352 e. The molecule has 0 radical (unpaired) electrons. The van der Waals surface area contributed by atoms with E-state index in [2.05, 4.69) is 16.5 Å². The molecule has 0 saturated carbocycles. The summed E-state index contributed by atoms with van der Waals surface area (Å²) in [6, 6.07) is 0. The third-order valence-electron chi connectivity index (χ3n) is 1.33. The second-order valence-electron chi connectivity index (χ2n) is 1.84. The van der Waals surface area contributed by atoms with Crippen molar-refractivity contribution in [3.63, 3.8) is 0 Å². The number of rotatable bonds is 1. The molecule has 0 N–H and O–H groups in total. The minimum atomic E-state index is 0.312. The largest absolute Gasteiger partial charge is 0.352 e. The van der Waals surface area contributed by atoms with E-state index in [1.165, 1.54) is 0 Å². The van der Waals surface area contributed by atoms with Crippen LogP contribution in [-0.4, -0.2) is 23.8 Å². The van der Waals surface area contributed by atoms with E-state index >= 15 is 0 Å². The maximum atomic E-state index is 4.12. The topological polar surface area (TPSA) is 15.6 Å². The average Bonchev–Trinajstić information content (AvgIpc) is 2.14. The second kappa shape index (κ2) is 1.99. The summed E-state index contributed by atoms with van der Waals surface area (Å²) < 4.78 is 0. The van der Waals surface area contributed by atoms with Crippen LogP contribution in [0.15, 0.2) is 17.8 Å². The first-order valence-corrected chi connectivity index (χ1v) is 2.74. The van der Waals surface area contributed by atoms with Gasteiger partial charge >= 0.3 is 0 Å². The summed E-state index contributed by atoms with van der Waals surface area (Å²) in [4.78, 5) is 6.19. The molecule has 1 aliphatic heterocycles. The number of hydrogen-bond donors (Lipinski definition) is 0. The molecule has 0 aromatic heterocycles. The standard InChI is InChI=1S/C6H10N2/c1-3-8-5-4-7-6(8)2/h3-4,6H,1,5H2,2H3. The van der Waals surface area contributed by atoms with Crippen LogP contribution in [0.4, 0.5) is 0 Å². The van der Waals surface area contributed by atoms with Gasteiger partial charge in [-0.3, -0.25) is 4.99 Å². The van der Waals surface area contributed by atoms with Crippen molar-refractivity contribution < 1.29 is 0 Å². The highest BCUT2D eigenvalue weighted by atomic mass is 15.3. The Kier molecular flexibility index (Phi) is 1.33. The Balaban J connectivity index is 2.50. The lowest BCUT2D eigenvalue weighted by atomic mass is 10.5. The molecule has 0 fully saturated rings. The lowest BCUT2D eigenvalue weighted by molar-refractivity contribution is 0.369. The van der Waals surface area contributed by atoms with Crippen LogP contribution in [0.3, 0.4) is 0 Å². The summed E-state index contributed by atoms with van der Waals surface area (Å²) in [5.74, 6) is 0. The molecule has 0 spiro atoms. The Morgan fingerprint density at radius 1 is 2.00 bits per heavy atom. The summed E-state index contributed by atoms with van der Waals surface area (Å²) in [6.07, 6.45) is 4.04.